The van der Waals surface area contributed by atoms with Gasteiger partial charge in [-0.15, -0.1) is 0 Å². The molecule has 11 heteroatoms. The Morgan fingerprint density at radius 3 is 2.46 bits per heavy atom. The van der Waals surface area contributed by atoms with E-state index in [4.69, 9.17) is 24.4 Å². The molecule has 0 spiro atoms. The molecule has 0 radical (unpaired) electrons. The van der Waals surface area contributed by atoms with Crippen molar-refractivity contribution in [1.29, 1.82) is 0 Å². The van der Waals surface area contributed by atoms with E-state index in [1.807, 2.05) is 44.2 Å². The molecule has 3 aromatic heterocycles. The number of likely N-dealkylation sites (N-methyl/N-ethyl adjacent to an activating group) is 2. The minimum atomic E-state index is -1.21. The number of fused-ring (bicyclic) bond motifs is 2. The van der Waals surface area contributed by atoms with Gasteiger partial charge in [-0.25, -0.2) is 19.7 Å². The van der Waals surface area contributed by atoms with Gasteiger partial charge in [0.2, 0.25) is 0 Å². The molecule has 39 heavy (non-hydrogen) atoms. The van der Waals surface area contributed by atoms with Crippen LogP contribution in [0.4, 0.5) is 5.82 Å². The first-order valence-electron chi connectivity index (χ1n) is 13.4. The number of anilines is 1. The number of carbonyl (C=O) groups excluding carboxylic acids is 1. The van der Waals surface area contributed by atoms with Gasteiger partial charge >= 0.3 is 5.97 Å². The number of benzene rings is 1. The molecule has 0 unspecified atom stereocenters. The molecule has 0 aliphatic rings. The lowest BCUT2D eigenvalue weighted by molar-refractivity contribution is 0.0603. The van der Waals surface area contributed by atoms with E-state index in [0.717, 1.165) is 41.4 Å². The van der Waals surface area contributed by atoms with Crippen molar-refractivity contribution in [3.63, 3.8) is 0 Å². The molecule has 10 nitrogen and oxygen atoms in total. The third-order valence-corrected chi connectivity index (χ3v) is 8.38. The lowest BCUT2D eigenvalue weighted by atomic mass is 10.1. The number of carbonyl (C=O) groups is 1. The fraction of sp³-hybridized carbons (Fsp3) is 0.500. The van der Waals surface area contributed by atoms with Crippen molar-refractivity contribution in [2.75, 3.05) is 52.8 Å². The molecular formula is C28H41N7O3Si. The summed E-state index contributed by atoms with van der Waals surface area (Å²) in [6.45, 7) is 11.5. The zero-order chi connectivity index (χ0) is 28.3. The molecule has 3 heterocycles. The summed E-state index contributed by atoms with van der Waals surface area (Å²) < 4.78 is 11.2. The van der Waals surface area contributed by atoms with Crippen molar-refractivity contribution in [2.45, 2.75) is 45.6 Å². The van der Waals surface area contributed by atoms with Gasteiger partial charge in [0.1, 0.15) is 40.8 Å². The first kappa shape index (κ1) is 28.7. The van der Waals surface area contributed by atoms with E-state index in [-0.39, 0.29) is 0 Å². The molecule has 0 saturated carbocycles. The van der Waals surface area contributed by atoms with Gasteiger partial charge in [-0.2, -0.15) is 0 Å². The molecule has 4 rings (SSSR count). The molecule has 0 amide bonds. The fourth-order valence-corrected chi connectivity index (χ4v) is 5.08. The van der Waals surface area contributed by atoms with Gasteiger partial charge < -0.3 is 29.2 Å². The predicted molar refractivity (Wildman–Crippen MR) is 159 cm³/mol. The Labute approximate surface area is 231 Å². The molecule has 0 aliphatic heterocycles. The molecule has 0 saturated heterocycles. The monoisotopic (exact) mass is 551 g/mol. The number of esters is 1. The van der Waals surface area contributed by atoms with Crippen LogP contribution in [0.2, 0.25) is 25.7 Å². The molecule has 0 aliphatic carbocycles. The lowest BCUT2D eigenvalue weighted by Gasteiger charge is -2.23. The summed E-state index contributed by atoms with van der Waals surface area (Å²) >= 11 is 0. The second-order valence-corrected chi connectivity index (χ2v) is 17.0. The summed E-state index contributed by atoms with van der Waals surface area (Å²) in [5, 5.41) is 0. The minimum Gasteiger partial charge on any atom is -0.465 e. The van der Waals surface area contributed by atoms with Gasteiger partial charge in [-0.3, -0.25) is 0 Å². The predicted octanol–water partition coefficient (Wildman–Crippen LogP) is 4.70. The molecule has 0 atom stereocenters. The van der Waals surface area contributed by atoms with Crippen molar-refractivity contribution in [1.82, 2.24) is 29.8 Å². The Morgan fingerprint density at radius 2 is 1.79 bits per heavy atom. The topological polar surface area (TPSA) is 112 Å². The Kier molecular flexibility index (Phi) is 8.72. The first-order valence-corrected chi connectivity index (χ1v) is 17.1. The Balaban J connectivity index is 1.86. The van der Waals surface area contributed by atoms with Crippen molar-refractivity contribution in [3.05, 3.63) is 35.4 Å². The molecular weight excluding hydrogens is 510 g/mol. The van der Waals surface area contributed by atoms with E-state index in [0.29, 0.717) is 53.7 Å². The quantitative estimate of drug-likeness (QED) is 0.148. The molecule has 2 N–H and O–H groups in total. The Bertz CT molecular complexity index is 1460. The van der Waals surface area contributed by atoms with Gasteiger partial charge in [0.15, 0.2) is 0 Å². The van der Waals surface area contributed by atoms with Gasteiger partial charge in [-0.1, -0.05) is 32.6 Å². The number of aryl methyl sites for hydroxylation is 1. The van der Waals surface area contributed by atoms with Crippen molar-refractivity contribution in [3.8, 4) is 11.3 Å². The number of methoxy groups -OCH3 is 1. The third kappa shape index (κ3) is 6.66. The minimum absolute atomic E-state index is 0.323. The summed E-state index contributed by atoms with van der Waals surface area (Å²) in [4.78, 5) is 38.6. The van der Waals surface area contributed by atoms with Crippen LogP contribution in [0, 0.1) is 0 Å². The second kappa shape index (κ2) is 11.8. The number of nitrogens with zero attached hydrogens (tertiary/aromatic N) is 5. The number of pyridine rings is 1. The standard InChI is InChI=1S/C28H41N7O3Si/c1-9-21-29-19-11-10-18(16-20(19)30-21)24-26-25(31-22(32-26)17-38-14-15-39(6,7)8)23(28(36)37-5)27(33-24)35(4)13-12-34(2)3/h10-11,16H,9,12-15,17H2,1-8H3,(H,29,30)(H,31,32). The summed E-state index contributed by atoms with van der Waals surface area (Å²) in [6.07, 6.45) is 0.821. The van der Waals surface area contributed by atoms with Crippen molar-refractivity contribution in [2.24, 2.45) is 0 Å². The van der Waals surface area contributed by atoms with Crippen LogP contribution in [0.15, 0.2) is 18.2 Å². The van der Waals surface area contributed by atoms with Crippen LogP contribution in [0.1, 0.15) is 28.9 Å². The summed E-state index contributed by atoms with van der Waals surface area (Å²) in [5.74, 6) is 1.66. The van der Waals surface area contributed by atoms with E-state index in [9.17, 15) is 4.79 Å². The number of rotatable bonds is 12. The normalized spacial score (nSPS) is 12.1. The molecule has 1 aromatic carbocycles. The average molecular weight is 552 g/mol. The number of ether oxygens (including phenoxy) is 2. The molecule has 0 bridgehead atoms. The van der Waals surface area contributed by atoms with Gasteiger partial charge in [0, 0.05) is 46.8 Å². The molecule has 0 fully saturated rings. The van der Waals surface area contributed by atoms with Crippen LogP contribution in [-0.2, 0) is 22.5 Å². The maximum absolute atomic E-state index is 13.1. The van der Waals surface area contributed by atoms with E-state index in [1.54, 1.807) is 0 Å². The van der Waals surface area contributed by atoms with Crippen LogP contribution in [0.25, 0.3) is 33.3 Å². The number of aromatic nitrogens is 5. The van der Waals surface area contributed by atoms with Gasteiger partial charge in [0.05, 0.1) is 23.7 Å². The van der Waals surface area contributed by atoms with Crippen LogP contribution >= 0.6 is 0 Å². The number of hydrogen-bond acceptors (Lipinski definition) is 8. The lowest BCUT2D eigenvalue weighted by Crippen LogP contribution is -2.30. The summed E-state index contributed by atoms with van der Waals surface area (Å²) in [6, 6.07) is 7.12. The first-order chi connectivity index (χ1) is 18.5. The van der Waals surface area contributed by atoms with E-state index >= 15 is 0 Å². The fourth-order valence-electron chi connectivity index (χ4n) is 4.32. The van der Waals surface area contributed by atoms with Gasteiger partial charge in [0.25, 0.3) is 0 Å². The summed E-state index contributed by atoms with van der Waals surface area (Å²) in [7, 11) is 6.15. The van der Waals surface area contributed by atoms with Gasteiger partial charge in [-0.05, 0) is 32.3 Å². The smallest absolute Gasteiger partial charge is 0.343 e. The van der Waals surface area contributed by atoms with Crippen LogP contribution < -0.4 is 4.90 Å². The number of H-pyrrole nitrogens is 2. The van der Waals surface area contributed by atoms with Crippen molar-refractivity contribution < 1.29 is 14.3 Å². The molecule has 4 aromatic rings. The van der Waals surface area contributed by atoms with E-state index < -0.39 is 14.0 Å². The van der Waals surface area contributed by atoms with Crippen LogP contribution in [-0.4, -0.2) is 91.8 Å². The van der Waals surface area contributed by atoms with Crippen molar-refractivity contribution >= 4 is 41.9 Å². The highest BCUT2D eigenvalue weighted by atomic mass is 28.3. The number of imidazole rings is 2. The number of aromatic amines is 2. The zero-order valence-electron chi connectivity index (χ0n) is 24.4. The maximum Gasteiger partial charge on any atom is 0.343 e. The Hall–Kier alpha value is -3.28. The van der Waals surface area contributed by atoms with Crippen LogP contribution in [0.3, 0.4) is 0 Å². The zero-order valence-corrected chi connectivity index (χ0v) is 25.4. The largest absolute Gasteiger partial charge is 0.465 e. The number of nitrogens with one attached hydrogen (secondary N) is 2. The van der Waals surface area contributed by atoms with Crippen LogP contribution in [0.5, 0.6) is 0 Å². The highest BCUT2D eigenvalue weighted by Gasteiger charge is 2.27. The SMILES string of the molecule is CCc1nc2cc(-c3nc(N(C)CCN(C)C)c(C(=O)OC)c4[nH]c(COCC[Si](C)(C)C)nc34)ccc2[nH]1. The summed E-state index contributed by atoms with van der Waals surface area (Å²) in [5.41, 5.74) is 4.96. The average Bonchev–Trinajstić information content (AvgIpc) is 3.51. The van der Waals surface area contributed by atoms with E-state index in [2.05, 4.69) is 41.4 Å². The second-order valence-electron chi connectivity index (χ2n) is 11.4. The highest BCUT2D eigenvalue weighted by Crippen LogP contribution is 2.34. The third-order valence-electron chi connectivity index (χ3n) is 6.68. The maximum atomic E-state index is 13.1. The Morgan fingerprint density at radius 1 is 1.03 bits per heavy atom. The molecule has 210 valence electrons. The van der Waals surface area contributed by atoms with E-state index in [1.165, 1.54) is 7.11 Å². The highest BCUT2D eigenvalue weighted by molar-refractivity contribution is 6.76. The number of hydrogen-bond donors (Lipinski definition) is 2.